The lowest BCUT2D eigenvalue weighted by Gasteiger charge is -2.12. The van der Waals surface area contributed by atoms with E-state index in [-0.39, 0.29) is 11.9 Å². The summed E-state index contributed by atoms with van der Waals surface area (Å²) in [5.74, 6) is 0.578. The van der Waals surface area contributed by atoms with Gasteiger partial charge in [-0.2, -0.15) is 5.10 Å². The minimum Gasteiger partial charge on any atom is -0.303 e. The standard InChI is InChI=1S/C20H20ClFN6/c1-13-17(19(21)28(26-13)12-15-6-8-16(22)9-7-15)11-23-14(2)20-25-24-18-5-3-4-10-27(18)20/h3-10,14,23H,11-12H2,1-2H3. The van der Waals surface area contributed by atoms with E-state index in [1.54, 1.807) is 16.8 Å². The van der Waals surface area contributed by atoms with Crippen molar-refractivity contribution in [2.24, 2.45) is 0 Å². The fraction of sp³-hybridized carbons (Fsp3) is 0.250. The van der Waals surface area contributed by atoms with E-state index < -0.39 is 0 Å². The molecule has 0 spiro atoms. The Bertz CT molecular complexity index is 1100. The van der Waals surface area contributed by atoms with Gasteiger partial charge >= 0.3 is 0 Å². The Hall–Kier alpha value is -2.77. The fourth-order valence-corrected chi connectivity index (χ4v) is 3.46. The predicted molar refractivity (Wildman–Crippen MR) is 106 cm³/mol. The van der Waals surface area contributed by atoms with Crippen LogP contribution in [0.25, 0.3) is 5.65 Å². The lowest BCUT2D eigenvalue weighted by molar-refractivity contribution is 0.540. The quantitative estimate of drug-likeness (QED) is 0.534. The first kappa shape index (κ1) is 18.6. The highest BCUT2D eigenvalue weighted by Gasteiger charge is 2.17. The third-order valence-corrected chi connectivity index (χ3v) is 5.16. The Balaban J connectivity index is 1.49. The van der Waals surface area contributed by atoms with Gasteiger partial charge in [-0.1, -0.05) is 29.8 Å². The lowest BCUT2D eigenvalue weighted by Crippen LogP contribution is -2.20. The number of halogens is 2. The summed E-state index contributed by atoms with van der Waals surface area (Å²) in [7, 11) is 0. The minimum atomic E-state index is -0.258. The Morgan fingerprint density at radius 1 is 1.14 bits per heavy atom. The maximum absolute atomic E-state index is 13.1. The highest BCUT2D eigenvalue weighted by Crippen LogP contribution is 2.22. The number of hydrogen-bond donors (Lipinski definition) is 1. The Kier molecular flexibility index (Phi) is 5.11. The van der Waals surface area contributed by atoms with Crippen molar-refractivity contribution in [2.45, 2.75) is 33.0 Å². The molecule has 0 fully saturated rings. The average molecular weight is 399 g/mol. The molecule has 4 aromatic rings. The van der Waals surface area contributed by atoms with Crippen molar-refractivity contribution in [1.29, 1.82) is 0 Å². The first-order chi connectivity index (χ1) is 13.5. The number of rotatable bonds is 6. The van der Waals surface area contributed by atoms with Crippen molar-refractivity contribution in [3.63, 3.8) is 0 Å². The molecular formula is C20H20ClFN6. The number of aromatic nitrogens is 5. The van der Waals surface area contributed by atoms with Crippen LogP contribution in [-0.4, -0.2) is 24.4 Å². The Labute approximate surface area is 167 Å². The topological polar surface area (TPSA) is 60.0 Å². The van der Waals surface area contributed by atoms with Crippen LogP contribution in [0.1, 0.15) is 35.6 Å². The van der Waals surface area contributed by atoms with E-state index in [0.29, 0.717) is 18.2 Å². The second-order valence-electron chi connectivity index (χ2n) is 6.73. The van der Waals surface area contributed by atoms with Crippen LogP contribution in [0.3, 0.4) is 0 Å². The van der Waals surface area contributed by atoms with E-state index in [9.17, 15) is 4.39 Å². The molecule has 1 unspecified atom stereocenters. The molecule has 1 aromatic carbocycles. The third kappa shape index (κ3) is 3.63. The highest BCUT2D eigenvalue weighted by molar-refractivity contribution is 6.30. The summed E-state index contributed by atoms with van der Waals surface area (Å²) in [5, 5.41) is 17.0. The van der Waals surface area contributed by atoms with Gasteiger partial charge in [-0.25, -0.2) is 9.07 Å². The van der Waals surface area contributed by atoms with Crippen LogP contribution in [0.4, 0.5) is 4.39 Å². The molecule has 1 atom stereocenters. The number of benzene rings is 1. The molecule has 3 heterocycles. The summed E-state index contributed by atoms with van der Waals surface area (Å²) in [6, 6.07) is 12.1. The third-order valence-electron chi connectivity index (χ3n) is 4.74. The molecule has 0 saturated heterocycles. The molecule has 6 nitrogen and oxygen atoms in total. The van der Waals surface area contributed by atoms with Gasteiger partial charge in [0, 0.05) is 18.3 Å². The predicted octanol–water partition coefficient (Wildman–Crippen LogP) is 3.93. The first-order valence-electron chi connectivity index (χ1n) is 9.02. The summed E-state index contributed by atoms with van der Waals surface area (Å²) in [5.41, 5.74) is 3.54. The molecule has 28 heavy (non-hydrogen) atoms. The second-order valence-corrected chi connectivity index (χ2v) is 7.09. The summed E-state index contributed by atoms with van der Waals surface area (Å²) in [4.78, 5) is 0. The summed E-state index contributed by atoms with van der Waals surface area (Å²) in [6.07, 6.45) is 1.95. The summed E-state index contributed by atoms with van der Waals surface area (Å²) < 4.78 is 16.8. The zero-order valence-electron chi connectivity index (χ0n) is 15.6. The van der Waals surface area contributed by atoms with Crippen molar-refractivity contribution in [3.8, 4) is 0 Å². The van der Waals surface area contributed by atoms with Gasteiger partial charge in [0.15, 0.2) is 11.5 Å². The van der Waals surface area contributed by atoms with Crippen LogP contribution in [-0.2, 0) is 13.1 Å². The molecule has 0 amide bonds. The van der Waals surface area contributed by atoms with E-state index in [1.165, 1.54) is 12.1 Å². The SMILES string of the molecule is Cc1nn(Cc2ccc(F)cc2)c(Cl)c1CNC(C)c1nnc2ccccn12. The maximum atomic E-state index is 13.1. The van der Waals surface area contributed by atoms with Crippen LogP contribution >= 0.6 is 11.6 Å². The summed E-state index contributed by atoms with van der Waals surface area (Å²) in [6.45, 7) is 5.01. The maximum Gasteiger partial charge on any atom is 0.160 e. The van der Waals surface area contributed by atoms with Crippen molar-refractivity contribution in [3.05, 3.63) is 82.3 Å². The molecule has 0 aliphatic heterocycles. The van der Waals surface area contributed by atoms with Gasteiger partial charge in [0.05, 0.1) is 18.3 Å². The molecule has 4 rings (SSSR count). The molecule has 0 aliphatic carbocycles. The largest absolute Gasteiger partial charge is 0.303 e. The number of hydrogen-bond acceptors (Lipinski definition) is 4. The van der Waals surface area contributed by atoms with Crippen LogP contribution in [0.5, 0.6) is 0 Å². The zero-order chi connectivity index (χ0) is 19.7. The van der Waals surface area contributed by atoms with Crippen LogP contribution in [0.2, 0.25) is 5.15 Å². The average Bonchev–Trinajstić information content (AvgIpc) is 3.23. The normalized spacial score (nSPS) is 12.6. The van der Waals surface area contributed by atoms with Gasteiger partial charge in [-0.05, 0) is 43.7 Å². The van der Waals surface area contributed by atoms with E-state index in [1.807, 2.05) is 42.6 Å². The van der Waals surface area contributed by atoms with Crippen molar-refractivity contribution < 1.29 is 4.39 Å². The minimum absolute atomic E-state index is 0.0201. The smallest absolute Gasteiger partial charge is 0.160 e. The van der Waals surface area contributed by atoms with E-state index in [2.05, 4.69) is 20.6 Å². The molecule has 0 radical (unpaired) electrons. The highest BCUT2D eigenvalue weighted by atomic mass is 35.5. The molecule has 3 aromatic heterocycles. The molecule has 0 bridgehead atoms. The molecule has 144 valence electrons. The van der Waals surface area contributed by atoms with Gasteiger partial charge in [-0.15, -0.1) is 10.2 Å². The van der Waals surface area contributed by atoms with Crippen LogP contribution < -0.4 is 5.32 Å². The van der Waals surface area contributed by atoms with Gasteiger partial charge in [0.1, 0.15) is 11.0 Å². The van der Waals surface area contributed by atoms with E-state index >= 15 is 0 Å². The number of aryl methyl sites for hydroxylation is 1. The zero-order valence-corrected chi connectivity index (χ0v) is 16.4. The van der Waals surface area contributed by atoms with Gasteiger partial charge in [-0.3, -0.25) is 4.40 Å². The lowest BCUT2D eigenvalue weighted by atomic mass is 10.2. The molecular weight excluding hydrogens is 379 g/mol. The van der Waals surface area contributed by atoms with Gasteiger partial charge < -0.3 is 5.32 Å². The van der Waals surface area contributed by atoms with Crippen LogP contribution in [0.15, 0.2) is 48.7 Å². The van der Waals surface area contributed by atoms with Crippen molar-refractivity contribution in [2.75, 3.05) is 0 Å². The van der Waals surface area contributed by atoms with Gasteiger partial charge in [0.2, 0.25) is 0 Å². The Morgan fingerprint density at radius 3 is 2.71 bits per heavy atom. The second kappa shape index (κ2) is 7.69. The van der Waals surface area contributed by atoms with Crippen molar-refractivity contribution in [1.82, 2.24) is 29.7 Å². The molecule has 1 N–H and O–H groups in total. The van der Waals surface area contributed by atoms with E-state index in [0.717, 1.165) is 28.3 Å². The fourth-order valence-electron chi connectivity index (χ4n) is 3.16. The molecule has 8 heteroatoms. The van der Waals surface area contributed by atoms with E-state index in [4.69, 9.17) is 11.6 Å². The number of nitrogens with one attached hydrogen (secondary N) is 1. The summed E-state index contributed by atoms with van der Waals surface area (Å²) >= 11 is 6.57. The van der Waals surface area contributed by atoms with Crippen molar-refractivity contribution >= 4 is 17.2 Å². The Morgan fingerprint density at radius 2 is 1.93 bits per heavy atom. The molecule has 0 saturated carbocycles. The monoisotopic (exact) mass is 398 g/mol. The number of pyridine rings is 1. The van der Waals surface area contributed by atoms with Gasteiger partial charge in [0.25, 0.3) is 0 Å². The van der Waals surface area contributed by atoms with Crippen LogP contribution in [0, 0.1) is 12.7 Å². The number of nitrogens with zero attached hydrogens (tertiary/aromatic N) is 5. The first-order valence-corrected chi connectivity index (χ1v) is 9.40. The number of fused-ring (bicyclic) bond motifs is 1. The molecule has 0 aliphatic rings.